The average Bonchev–Trinajstić information content (AvgIpc) is 2.96. The fourth-order valence-electron chi connectivity index (χ4n) is 4.30. The maximum atomic E-state index is 12.4. The molecule has 0 bridgehead atoms. The van der Waals surface area contributed by atoms with Crippen molar-refractivity contribution >= 4 is 33.7 Å². The van der Waals surface area contributed by atoms with Crippen LogP contribution in [0.25, 0.3) is 0 Å². The zero-order valence-corrected chi connectivity index (χ0v) is 16.5. The summed E-state index contributed by atoms with van der Waals surface area (Å²) in [6, 6.07) is 0. The van der Waals surface area contributed by atoms with Gasteiger partial charge in [-0.2, -0.15) is 0 Å². The second kappa shape index (κ2) is 6.71. The molecule has 2 aliphatic carbocycles. The lowest BCUT2D eigenvalue weighted by Crippen LogP contribution is -2.39. The van der Waals surface area contributed by atoms with E-state index < -0.39 is 12.2 Å². The molecule has 0 radical (unpaired) electrons. The van der Waals surface area contributed by atoms with Crippen molar-refractivity contribution in [2.45, 2.75) is 57.6 Å². The summed E-state index contributed by atoms with van der Waals surface area (Å²) in [6.07, 6.45) is 1.79. The van der Waals surface area contributed by atoms with E-state index >= 15 is 0 Å². The summed E-state index contributed by atoms with van der Waals surface area (Å²) in [5, 5.41) is 0. The van der Waals surface area contributed by atoms with Gasteiger partial charge < -0.3 is 9.47 Å². The highest BCUT2D eigenvalue weighted by Gasteiger charge is 2.55. The number of rotatable bonds is 3. The molecule has 1 saturated heterocycles. The molecular weight excluding hydrogens is 388 g/mol. The van der Waals surface area contributed by atoms with Crippen molar-refractivity contribution in [1.29, 1.82) is 0 Å². The van der Waals surface area contributed by atoms with Gasteiger partial charge in [0.1, 0.15) is 17.0 Å². The standard InChI is InChI=1S/C19H23BrO5/c1-5-11(20)19(23)24-13-7-9(3)14-12(21)6-8(2)15(14)17-16(13)10(4)18(22)25-17/h6,10-11,13,15-17H,5,7H2,1-4H3/t10-,11-,13-,15+,16-,17-/m1/s1. The predicted molar refractivity (Wildman–Crippen MR) is 95.0 cm³/mol. The van der Waals surface area contributed by atoms with Gasteiger partial charge in [0.05, 0.1) is 5.92 Å². The van der Waals surface area contributed by atoms with Gasteiger partial charge in [0.15, 0.2) is 5.78 Å². The molecule has 3 rings (SSSR count). The number of esters is 2. The summed E-state index contributed by atoms with van der Waals surface area (Å²) in [6.45, 7) is 7.52. The summed E-state index contributed by atoms with van der Waals surface area (Å²) < 4.78 is 11.4. The number of allylic oxidation sites excluding steroid dienone is 1. The highest BCUT2D eigenvalue weighted by Crippen LogP contribution is 2.48. The first kappa shape index (κ1) is 18.4. The zero-order valence-electron chi connectivity index (χ0n) is 14.9. The number of carbonyl (C=O) groups is 3. The smallest absolute Gasteiger partial charge is 0.320 e. The largest absolute Gasteiger partial charge is 0.461 e. The van der Waals surface area contributed by atoms with Gasteiger partial charge in [-0.05, 0) is 26.3 Å². The van der Waals surface area contributed by atoms with Crippen LogP contribution in [0.3, 0.4) is 0 Å². The minimum Gasteiger partial charge on any atom is -0.461 e. The van der Waals surface area contributed by atoms with Crippen molar-refractivity contribution in [2.75, 3.05) is 0 Å². The van der Waals surface area contributed by atoms with Gasteiger partial charge in [0.25, 0.3) is 0 Å². The Labute approximate surface area is 155 Å². The highest BCUT2D eigenvalue weighted by atomic mass is 79.9. The minimum atomic E-state index is -0.468. The van der Waals surface area contributed by atoms with Crippen molar-refractivity contribution in [3.05, 3.63) is 22.8 Å². The molecule has 6 atom stereocenters. The molecule has 0 unspecified atom stereocenters. The summed E-state index contributed by atoms with van der Waals surface area (Å²) >= 11 is 3.32. The molecule has 1 heterocycles. The van der Waals surface area contributed by atoms with Crippen LogP contribution in [0.1, 0.15) is 40.5 Å². The second-order valence-corrected chi connectivity index (χ2v) is 8.35. The van der Waals surface area contributed by atoms with Gasteiger partial charge in [0, 0.05) is 23.8 Å². The van der Waals surface area contributed by atoms with E-state index in [1.807, 2.05) is 27.7 Å². The molecule has 1 aliphatic heterocycles. The molecule has 0 spiro atoms. The number of hydrogen-bond donors (Lipinski definition) is 0. The molecular formula is C19H23BrO5. The van der Waals surface area contributed by atoms with Gasteiger partial charge >= 0.3 is 11.9 Å². The molecule has 0 amide bonds. The molecule has 25 heavy (non-hydrogen) atoms. The van der Waals surface area contributed by atoms with Gasteiger partial charge in [-0.1, -0.05) is 40.9 Å². The molecule has 1 fully saturated rings. The predicted octanol–water partition coefficient (Wildman–Crippen LogP) is 3.11. The maximum absolute atomic E-state index is 12.4. The van der Waals surface area contributed by atoms with E-state index in [0.29, 0.717) is 18.4 Å². The summed E-state index contributed by atoms with van der Waals surface area (Å²) in [4.78, 5) is 36.6. The minimum absolute atomic E-state index is 0.0201. The van der Waals surface area contributed by atoms with E-state index in [-0.39, 0.29) is 40.3 Å². The fourth-order valence-corrected chi connectivity index (χ4v) is 4.41. The van der Waals surface area contributed by atoms with Crippen molar-refractivity contribution in [3.8, 4) is 0 Å². The molecule has 0 N–H and O–H groups in total. The molecule has 0 aromatic rings. The van der Waals surface area contributed by atoms with Crippen LogP contribution in [-0.4, -0.2) is 34.8 Å². The Bertz CT molecular complexity index is 692. The molecule has 0 saturated carbocycles. The van der Waals surface area contributed by atoms with E-state index in [4.69, 9.17) is 9.47 Å². The molecule has 3 aliphatic rings. The van der Waals surface area contributed by atoms with E-state index in [9.17, 15) is 14.4 Å². The Kier molecular flexibility index (Phi) is 4.93. The van der Waals surface area contributed by atoms with Crippen LogP contribution < -0.4 is 0 Å². The quantitative estimate of drug-likeness (QED) is 0.527. The first-order valence-corrected chi connectivity index (χ1v) is 9.65. The zero-order chi connectivity index (χ0) is 18.5. The number of ketones is 1. The van der Waals surface area contributed by atoms with Gasteiger partial charge in [-0.25, -0.2) is 0 Å². The fraction of sp³-hybridized carbons (Fsp3) is 0.632. The first-order valence-electron chi connectivity index (χ1n) is 8.73. The summed E-state index contributed by atoms with van der Waals surface area (Å²) in [5.41, 5.74) is 2.54. The van der Waals surface area contributed by atoms with Crippen LogP contribution in [0.4, 0.5) is 0 Å². The lowest BCUT2D eigenvalue weighted by molar-refractivity contribution is -0.152. The average molecular weight is 411 g/mol. The monoisotopic (exact) mass is 410 g/mol. The van der Waals surface area contributed by atoms with E-state index in [2.05, 4.69) is 15.9 Å². The Morgan fingerprint density at radius 2 is 2.08 bits per heavy atom. The highest BCUT2D eigenvalue weighted by molar-refractivity contribution is 9.10. The van der Waals surface area contributed by atoms with Crippen molar-refractivity contribution < 1.29 is 23.9 Å². The third kappa shape index (κ3) is 2.98. The molecule has 6 heteroatoms. The number of halogens is 1. The van der Waals surface area contributed by atoms with Crippen LogP contribution in [0.2, 0.25) is 0 Å². The van der Waals surface area contributed by atoms with Crippen LogP contribution in [0, 0.1) is 17.8 Å². The lowest BCUT2D eigenvalue weighted by Gasteiger charge is -2.29. The van der Waals surface area contributed by atoms with Gasteiger partial charge in [-0.15, -0.1) is 0 Å². The third-order valence-corrected chi connectivity index (χ3v) is 6.63. The van der Waals surface area contributed by atoms with Crippen LogP contribution in [0.15, 0.2) is 22.8 Å². The molecule has 5 nitrogen and oxygen atoms in total. The number of fused-ring (bicyclic) bond motifs is 3. The third-order valence-electron chi connectivity index (χ3n) is 5.61. The molecule has 0 aromatic carbocycles. The Hall–Kier alpha value is -1.43. The second-order valence-electron chi connectivity index (χ2n) is 7.25. The van der Waals surface area contributed by atoms with E-state index in [1.165, 1.54) is 0 Å². The van der Waals surface area contributed by atoms with Crippen LogP contribution in [0.5, 0.6) is 0 Å². The van der Waals surface area contributed by atoms with Gasteiger partial charge in [0.2, 0.25) is 0 Å². The summed E-state index contributed by atoms with van der Waals surface area (Å²) in [5.74, 6) is -1.47. The Balaban J connectivity index is 2.00. The first-order chi connectivity index (χ1) is 11.8. The normalized spacial score (nSPS) is 35.6. The lowest BCUT2D eigenvalue weighted by atomic mass is 9.79. The van der Waals surface area contributed by atoms with E-state index in [0.717, 1.165) is 11.1 Å². The molecule has 136 valence electrons. The SMILES string of the molecule is CC[C@@H](Br)C(=O)O[C@@H]1CC(C)=C2C(=O)C=C(C)[C@@H]2[C@H]2OC(=O)[C@H](C)[C@@H]21. The van der Waals surface area contributed by atoms with Crippen LogP contribution in [-0.2, 0) is 23.9 Å². The Morgan fingerprint density at radius 1 is 1.40 bits per heavy atom. The van der Waals surface area contributed by atoms with Crippen molar-refractivity contribution in [2.24, 2.45) is 17.8 Å². The van der Waals surface area contributed by atoms with Crippen LogP contribution >= 0.6 is 15.9 Å². The number of carbonyl (C=O) groups excluding carboxylic acids is 3. The van der Waals surface area contributed by atoms with E-state index in [1.54, 1.807) is 6.08 Å². The summed E-state index contributed by atoms with van der Waals surface area (Å²) in [7, 11) is 0. The number of ether oxygens (including phenoxy) is 2. The van der Waals surface area contributed by atoms with Crippen molar-refractivity contribution in [1.82, 2.24) is 0 Å². The van der Waals surface area contributed by atoms with Crippen molar-refractivity contribution in [3.63, 3.8) is 0 Å². The molecule has 0 aromatic heterocycles. The van der Waals surface area contributed by atoms with Gasteiger partial charge in [-0.3, -0.25) is 14.4 Å². The number of alkyl halides is 1. The topological polar surface area (TPSA) is 69.7 Å². The maximum Gasteiger partial charge on any atom is 0.320 e. The number of hydrogen-bond acceptors (Lipinski definition) is 5. The Morgan fingerprint density at radius 3 is 2.72 bits per heavy atom.